The SMILES string of the molecule is CN(C)[C@H]1CCC[C@@H]1Nc1ncnc2ccccc12. The van der Waals surface area contributed by atoms with Gasteiger partial charge in [-0.1, -0.05) is 12.1 Å². The van der Waals surface area contributed by atoms with Crippen molar-refractivity contribution in [1.29, 1.82) is 0 Å². The minimum Gasteiger partial charge on any atom is -0.365 e. The van der Waals surface area contributed by atoms with Crippen molar-refractivity contribution in [2.24, 2.45) is 0 Å². The van der Waals surface area contributed by atoms with E-state index >= 15 is 0 Å². The van der Waals surface area contributed by atoms with Gasteiger partial charge in [-0.2, -0.15) is 0 Å². The van der Waals surface area contributed by atoms with Gasteiger partial charge in [-0.25, -0.2) is 9.97 Å². The Kier molecular flexibility index (Phi) is 3.34. The average molecular weight is 256 g/mol. The number of nitrogens with one attached hydrogen (secondary N) is 1. The number of anilines is 1. The Morgan fingerprint density at radius 2 is 2.00 bits per heavy atom. The number of hydrogen-bond acceptors (Lipinski definition) is 4. The highest BCUT2D eigenvalue weighted by Crippen LogP contribution is 2.27. The van der Waals surface area contributed by atoms with Gasteiger partial charge >= 0.3 is 0 Å². The minimum absolute atomic E-state index is 0.480. The summed E-state index contributed by atoms with van der Waals surface area (Å²) < 4.78 is 0. The molecule has 3 rings (SSSR count). The van der Waals surface area contributed by atoms with Crippen molar-refractivity contribution in [2.75, 3.05) is 19.4 Å². The van der Waals surface area contributed by atoms with Gasteiger partial charge in [-0.05, 0) is 45.5 Å². The zero-order chi connectivity index (χ0) is 13.2. The van der Waals surface area contributed by atoms with E-state index in [4.69, 9.17) is 0 Å². The fourth-order valence-corrected chi connectivity index (χ4v) is 3.02. The summed E-state index contributed by atoms with van der Waals surface area (Å²) in [7, 11) is 4.31. The molecule has 1 aliphatic rings. The van der Waals surface area contributed by atoms with Gasteiger partial charge in [-0.3, -0.25) is 0 Å². The second kappa shape index (κ2) is 5.13. The van der Waals surface area contributed by atoms with Gasteiger partial charge in [0.15, 0.2) is 0 Å². The van der Waals surface area contributed by atoms with E-state index < -0.39 is 0 Å². The normalized spacial score (nSPS) is 23.1. The Morgan fingerprint density at radius 1 is 1.16 bits per heavy atom. The molecule has 1 aliphatic carbocycles. The zero-order valence-corrected chi connectivity index (χ0v) is 11.5. The molecule has 4 nitrogen and oxygen atoms in total. The number of fused-ring (bicyclic) bond motifs is 1. The maximum atomic E-state index is 4.42. The van der Waals surface area contributed by atoms with Crippen LogP contribution in [0.3, 0.4) is 0 Å². The van der Waals surface area contributed by atoms with Crippen LogP contribution in [0.25, 0.3) is 10.9 Å². The fourth-order valence-electron chi connectivity index (χ4n) is 3.02. The summed E-state index contributed by atoms with van der Waals surface area (Å²) in [6.07, 6.45) is 5.39. The summed E-state index contributed by atoms with van der Waals surface area (Å²) in [5.74, 6) is 0.962. The van der Waals surface area contributed by atoms with Crippen molar-refractivity contribution in [3.8, 4) is 0 Å². The predicted octanol–water partition coefficient (Wildman–Crippen LogP) is 2.52. The molecule has 100 valence electrons. The Hall–Kier alpha value is -1.68. The van der Waals surface area contributed by atoms with Crippen LogP contribution in [0.2, 0.25) is 0 Å². The van der Waals surface area contributed by atoms with Crippen molar-refractivity contribution >= 4 is 16.7 Å². The predicted molar refractivity (Wildman–Crippen MR) is 78.3 cm³/mol. The lowest BCUT2D eigenvalue weighted by molar-refractivity contribution is 0.285. The fraction of sp³-hybridized carbons (Fsp3) is 0.467. The molecule has 1 heterocycles. The number of nitrogens with zero attached hydrogens (tertiary/aromatic N) is 3. The number of likely N-dealkylation sites (N-methyl/N-ethyl adjacent to an activating group) is 1. The van der Waals surface area contributed by atoms with E-state index in [2.05, 4.69) is 40.3 Å². The number of para-hydroxylation sites is 1. The Balaban J connectivity index is 1.89. The van der Waals surface area contributed by atoms with Gasteiger partial charge in [0.2, 0.25) is 0 Å². The lowest BCUT2D eigenvalue weighted by atomic mass is 10.1. The molecule has 2 aromatic rings. The van der Waals surface area contributed by atoms with Crippen LogP contribution in [0.15, 0.2) is 30.6 Å². The van der Waals surface area contributed by atoms with Gasteiger partial charge in [0, 0.05) is 17.5 Å². The maximum absolute atomic E-state index is 4.42. The Labute approximate surface area is 113 Å². The van der Waals surface area contributed by atoms with Crippen LogP contribution in [0.4, 0.5) is 5.82 Å². The molecule has 19 heavy (non-hydrogen) atoms. The Morgan fingerprint density at radius 3 is 2.84 bits per heavy atom. The van der Waals surface area contributed by atoms with Crippen LogP contribution in [-0.4, -0.2) is 41.0 Å². The van der Waals surface area contributed by atoms with E-state index in [1.807, 2.05) is 18.2 Å². The summed E-state index contributed by atoms with van der Waals surface area (Å²) in [5, 5.41) is 4.73. The van der Waals surface area contributed by atoms with E-state index in [1.165, 1.54) is 19.3 Å². The number of benzene rings is 1. The molecule has 0 unspecified atom stereocenters. The molecule has 0 saturated heterocycles. The molecule has 1 N–H and O–H groups in total. The lowest BCUT2D eigenvalue weighted by Gasteiger charge is -2.27. The molecule has 1 saturated carbocycles. The highest BCUT2D eigenvalue weighted by molar-refractivity contribution is 5.88. The van der Waals surface area contributed by atoms with Crippen LogP contribution in [0, 0.1) is 0 Å². The summed E-state index contributed by atoms with van der Waals surface area (Å²) in [6.45, 7) is 0. The van der Waals surface area contributed by atoms with Crippen molar-refractivity contribution in [3.05, 3.63) is 30.6 Å². The third-order valence-corrected chi connectivity index (χ3v) is 4.01. The minimum atomic E-state index is 0.480. The van der Waals surface area contributed by atoms with Crippen LogP contribution >= 0.6 is 0 Å². The third-order valence-electron chi connectivity index (χ3n) is 4.01. The summed E-state index contributed by atoms with van der Waals surface area (Å²) >= 11 is 0. The first-order chi connectivity index (χ1) is 9.25. The van der Waals surface area contributed by atoms with Crippen LogP contribution in [-0.2, 0) is 0 Å². The molecule has 0 bridgehead atoms. The number of aromatic nitrogens is 2. The van der Waals surface area contributed by atoms with Crippen LogP contribution in [0.5, 0.6) is 0 Å². The van der Waals surface area contributed by atoms with Gasteiger partial charge in [-0.15, -0.1) is 0 Å². The first kappa shape index (κ1) is 12.4. The molecule has 0 aliphatic heterocycles. The Bertz CT molecular complexity index is 562. The summed E-state index contributed by atoms with van der Waals surface area (Å²) in [5.41, 5.74) is 0.999. The molecular formula is C15H20N4. The highest BCUT2D eigenvalue weighted by Gasteiger charge is 2.29. The highest BCUT2D eigenvalue weighted by atomic mass is 15.2. The molecule has 1 aromatic heterocycles. The molecule has 0 spiro atoms. The van der Waals surface area contributed by atoms with Crippen molar-refractivity contribution in [1.82, 2.24) is 14.9 Å². The van der Waals surface area contributed by atoms with Crippen molar-refractivity contribution in [3.63, 3.8) is 0 Å². The largest absolute Gasteiger partial charge is 0.365 e. The van der Waals surface area contributed by atoms with Crippen LogP contribution < -0.4 is 5.32 Å². The van der Waals surface area contributed by atoms with Gasteiger partial charge in [0.25, 0.3) is 0 Å². The van der Waals surface area contributed by atoms with Crippen molar-refractivity contribution in [2.45, 2.75) is 31.3 Å². The van der Waals surface area contributed by atoms with E-state index in [-0.39, 0.29) is 0 Å². The quantitative estimate of drug-likeness (QED) is 0.916. The molecular weight excluding hydrogens is 236 g/mol. The average Bonchev–Trinajstić information content (AvgIpc) is 2.87. The smallest absolute Gasteiger partial charge is 0.137 e. The first-order valence-electron chi connectivity index (χ1n) is 6.88. The maximum Gasteiger partial charge on any atom is 0.137 e. The van der Waals surface area contributed by atoms with Crippen molar-refractivity contribution < 1.29 is 0 Å². The van der Waals surface area contributed by atoms with Gasteiger partial charge in [0.1, 0.15) is 12.1 Å². The molecule has 1 aromatic carbocycles. The number of hydrogen-bond donors (Lipinski definition) is 1. The molecule has 2 atom stereocenters. The molecule has 1 fully saturated rings. The monoisotopic (exact) mass is 256 g/mol. The summed E-state index contributed by atoms with van der Waals surface area (Å²) in [4.78, 5) is 11.0. The third kappa shape index (κ3) is 2.40. The standard InChI is InChI=1S/C15H20N4/c1-19(2)14-9-5-8-13(14)18-15-11-6-3-4-7-12(11)16-10-17-15/h3-4,6-7,10,13-14H,5,8-9H2,1-2H3,(H,16,17,18)/t13-,14-/m0/s1. The molecule has 0 radical (unpaired) electrons. The van der Waals surface area contributed by atoms with Crippen LogP contribution in [0.1, 0.15) is 19.3 Å². The lowest BCUT2D eigenvalue weighted by Crippen LogP contribution is -2.39. The van der Waals surface area contributed by atoms with E-state index in [0.29, 0.717) is 12.1 Å². The zero-order valence-electron chi connectivity index (χ0n) is 11.5. The van der Waals surface area contributed by atoms with E-state index in [0.717, 1.165) is 16.7 Å². The second-order valence-electron chi connectivity index (χ2n) is 5.45. The second-order valence-corrected chi connectivity index (χ2v) is 5.45. The topological polar surface area (TPSA) is 41.0 Å². The van der Waals surface area contributed by atoms with Gasteiger partial charge in [0.05, 0.1) is 5.52 Å². The van der Waals surface area contributed by atoms with Gasteiger partial charge < -0.3 is 10.2 Å². The first-order valence-corrected chi connectivity index (χ1v) is 6.88. The summed E-state index contributed by atoms with van der Waals surface area (Å²) in [6, 6.07) is 9.23. The molecule has 0 amide bonds. The number of rotatable bonds is 3. The van der Waals surface area contributed by atoms with E-state index in [9.17, 15) is 0 Å². The van der Waals surface area contributed by atoms with E-state index in [1.54, 1.807) is 6.33 Å². The molecule has 4 heteroatoms.